The molecular weight excluding hydrogens is 330 g/mol. The molecule has 0 radical (unpaired) electrons. The number of nitrogens with one attached hydrogen (secondary N) is 1. The van der Waals surface area contributed by atoms with Crippen LogP contribution >= 0.6 is 0 Å². The van der Waals surface area contributed by atoms with Crippen molar-refractivity contribution in [3.05, 3.63) is 53.3 Å². The quantitative estimate of drug-likeness (QED) is 0.917. The summed E-state index contributed by atoms with van der Waals surface area (Å²) in [5.74, 6) is 0.807. The average Bonchev–Trinajstić information content (AvgIpc) is 3.11. The zero-order valence-electron chi connectivity index (χ0n) is 15.3. The number of rotatable bonds is 4. The van der Waals surface area contributed by atoms with Gasteiger partial charge in [-0.15, -0.1) is 0 Å². The van der Waals surface area contributed by atoms with Crippen LogP contribution in [0, 0.1) is 0 Å². The van der Waals surface area contributed by atoms with E-state index in [1.807, 2.05) is 41.0 Å². The molecule has 1 fully saturated rings. The average molecular weight is 355 g/mol. The van der Waals surface area contributed by atoms with Gasteiger partial charge in [-0.25, -0.2) is 0 Å². The van der Waals surface area contributed by atoms with Gasteiger partial charge in [0.1, 0.15) is 11.4 Å². The van der Waals surface area contributed by atoms with Crippen molar-refractivity contribution < 1.29 is 14.3 Å². The molecule has 6 heteroatoms. The molecule has 0 spiro atoms. The number of aryl methyl sites for hydroxylation is 1. The Morgan fingerprint density at radius 3 is 2.42 bits per heavy atom. The maximum atomic E-state index is 12.9. The molecule has 0 saturated carbocycles. The lowest BCUT2D eigenvalue weighted by Crippen LogP contribution is -2.37. The molecule has 6 nitrogen and oxygen atoms in total. The molecule has 2 heterocycles. The summed E-state index contributed by atoms with van der Waals surface area (Å²) in [5.41, 5.74) is 2.29. The third-order valence-electron chi connectivity index (χ3n) is 4.81. The van der Waals surface area contributed by atoms with Gasteiger partial charge < -0.3 is 19.5 Å². The van der Waals surface area contributed by atoms with Gasteiger partial charge in [-0.1, -0.05) is 6.92 Å². The van der Waals surface area contributed by atoms with E-state index in [1.165, 1.54) is 0 Å². The number of amides is 2. The number of hydrogen-bond acceptors (Lipinski definition) is 3. The van der Waals surface area contributed by atoms with Gasteiger partial charge in [0.05, 0.1) is 7.11 Å². The first-order valence-electron chi connectivity index (χ1n) is 9.03. The van der Waals surface area contributed by atoms with Crippen LogP contribution in [0.1, 0.15) is 39.8 Å². The summed E-state index contributed by atoms with van der Waals surface area (Å²) in [4.78, 5) is 32.0. The molecule has 1 saturated heterocycles. The van der Waals surface area contributed by atoms with Crippen molar-refractivity contribution in [3.8, 4) is 5.75 Å². The third-order valence-corrected chi connectivity index (χ3v) is 4.81. The van der Waals surface area contributed by atoms with Crippen molar-refractivity contribution in [2.45, 2.75) is 19.8 Å². The molecule has 0 unspecified atom stereocenters. The van der Waals surface area contributed by atoms with E-state index in [0.29, 0.717) is 37.4 Å². The fourth-order valence-electron chi connectivity index (χ4n) is 3.33. The Labute approximate surface area is 153 Å². The fraction of sp³-hybridized carbons (Fsp3) is 0.400. The van der Waals surface area contributed by atoms with E-state index in [1.54, 1.807) is 19.4 Å². The van der Waals surface area contributed by atoms with Crippen molar-refractivity contribution in [2.75, 3.05) is 33.3 Å². The summed E-state index contributed by atoms with van der Waals surface area (Å²) in [6, 6.07) is 9.17. The monoisotopic (exact) mass is 355 g/mol. The van der Waals surface area contributed by atoms with Gasteiger partial charge in [0.2, 0.25) is 0 Å². The summed E-state index contributed by atoms with van der Waals surface area (Å²) in [7, 11) is 1.64. The van der Waals surface area contributed by atoms with Gasteiger partial charge in [0, 0.05) is 37.9 Å². The number of carbonyl (C=O) groups excluding carboxylic acids is 2. The highest BCUT2D eigenvalue weighted by Crippen LogP contribution is 2.21. The summed E-state index contributed by atoms with van der Waals surface area (Å²) in [6.45, 7) is 4.44. The second-order valence-corrected chi connectivity index (χ2v) is 6.40. The maximum absolute atomic E-state index is 12.9. The number of ether oxygens (including phenoxy) is 1. The lowest BCUT2D eigenvalue weighted by atomic mass is 10.1. The van der Waals surface area contributed by atoms with Crippen LogP contribution in [0.25, 0.3) is 0 Å². The Hall–Kier alpha value is -2.76. The minimum atomic E-state index is -0.0120. The van der Waals surface area contributed by atoms with Gasteiger partial charge >= 0.3 is 0 Å². The van der Waals surface area contributed by atoms with E-state index in [9.17, 15) is 9.59 Å². The van der Waals surface area contributed by atoms with Crippen LogP contribution < -0.4 is 4.74 Å². The largest absolute Gasteiger partial charge is 0.496 e. The minimum absolute atomic E-state index is 0.0107. The highest BCUT2D eigenvalue weighted by atomic mass is 16.5. The van der Waals surface area contributed by atoms with Crippen LogP contribution in [0.5, 0.6) is 5.75 Å². The Morgan fingerprint density at radius 1 is 1.08 bits per heavy atom. The molecule has 2 aromatic rings. The first kappa shape index (κ1) is 18.0. The molecule has 0 atom stereocenters. The van der Waals surface area contributed by atoms with Gasteiger partial charge in [-0.2, -0.15) is 0 Å². The first-order chi connectivity index (χ1) is 12.6. The van der Waals surface area contributed by atoms with Crippen LogP contribution in [0.15, 0.2) is 36.5 Å². The number of nitrogens with zero attached hydrogens (tertiary/aromatic N) is 2. The zero-order valence-corrected chi connectivity index (χ0v) is 15.3. The number of benzene rings is 1. The van der Waals surface area contributed by atoms with E-state index >= 15 is 0 Å². The topological polar surface area (TPSA) is 65.6 Å². The molecule has 1 aromatic carbocycles. The number of aromatic amines is 1. The molecule has 3 rings (SSSR count). The number of hydrogen-bond donors (Lipinski definition) is 1. The maximum Gasteiger partial charge on any atom is 0.270 e. The van der Waals surface area contributed by atoms with Crippen molar-refractivity contribution >= 4 is 11.8 Å². The van der Waals surface area contributed by atoms with Crippen LogP contribution in [0.2, 0.25) is 0 Å². The third kappa shape index (κ3) is 3.74. The van der Waals surface area contributed by atoms with Crippen LogP contribution in [0.3, 0.4) is 0 Å². The number of carbonyl (C=O) groups is 2. The van der Waals surface area contributed by atoms with Crippen LogP contribution in [0.4, 0.5) is 0 Å². The van der Waals surface area contributed by atoms with Crippen molar-refractivity contribution in [3.63, 3.8) is 0 Å². The lowest BCUT2D eigenvalue weighted by molar-refractivity contribution is 0.0716. The summed E-state index contributed by atoms with van der Waals surface area (Å²) in [6.07, 6.45) is 3.33. The standard InChI is InChI=1S/C20H25N3O3/c1-3-15-14-16(7-8-18(15)26-2)19(24)22-10-5-11-23(13-12-22)20(25)17-6-4-9-21-17/h4,6-9,14,21H,3,5,10-13H2,1-2H3. The summed E-state index contributed by atoms with van der Waals surface area (Å²) >= 11 is 0. The highest BCUT2D eigenvalue weighted by molar-refractivity contribution is 5.95. The van der Waals surface area contributed by atoms with Gasteiger partial charge in [0.15, 0.2) is 0 Å². The van der Waals surface area contributed by atoms with Gasteiger partial charge in [-0.3, -0.25) is 9.59 Å². The second kappa shape index (κ2) is 8.08. The predicted octanol–water partition coefficient (Wildman–Crippen LogP) is 2.57. The van der Waals surface area contributed by atoms with E-state index in [4.69, 9.17) is 4.74 Å². The minimum Gasteiger partial charge on any atom is -0.496 e. The predicted molar refractivity (Wildman–Crippen MR) is 99.6 cm³/mol. The lowest BCUT2D eigenvalue weighted by Gasteiger charge is -2.22. The van der Waals surface area contributed by atoms with E-state index in [2.05, 4.69) is 4.98 Å². The molecule has 1 aliphatic heterocycles. The molecule has 1 N–H and O–H groups in total. The normalized spacial score (nSPS) is 14.8. The first-order valence-corrected chi connectivity index (χ1v) is 9.03. The van der Waals surface area contributed by atoms with Crippen LogP contribution in [-0.2, 0) is 6.42 Å². The molecule has 0 bridgehead atoms. The molecule has 26 heavy (non-hydrogen) atoms. The summed E-state index contributed by atoms with van der Waals surface area (Å²) < 4.78 is 5.34. The van der Waals surface area contributed by atoms with Gasteiger partial charge in [0.25, 0.3) is 11.8 Å². The summed E-state index contributed by atoms with van der Waals surface area (Å²) in [5, 5.41) is 0. The van der Waals surface area contributed by atoms with Gasteiger partial charge in [-0.05, 0) is 48.7 Å². The Kier molecular flexibility index (Phi) is 5.61. The number of methoxy groups -OCH3 is 1. The van der Waals surface area contributed by atoms with E-state index in [-0.39, 0.29) is 11.8 Å². The molecule has 1 aromatic heterocycles. The van der Waals surface area contributed by atoms with Crippen molar-refractivity contribution in [2.24, 2.45) is 0 Å². The smallest absolute Gasteiger partial charge is 0.270 e. The van der Waals surface area contributed by atoms with Crippen molar-refractivity contribution in [1.29, 1.82) is 0 Å². The van der Waals surface area contributed by atoms with Crippen LogP contribution in [-0.4, -0.2) is 59.9 Å². The highest BCUT2D eigenvalue weighted by Gasteiger charge is 2.24. The molecular formula is C20H25N3O3. The Bertz CT molecular complexity index is 771. The molecule has 1 aliphatic rings. The molecule has 2 amide bonds. The zero-order chi connectivity index (χ0) is 18.5. The number of aromatic nitrogens is 1. The van der Waals surface area contributed by atoms with E-state index in [0.717, 1.165) is 24.2 Å². The van der Waals surface area contributed by atoms with Crippen molar-refractivity contribution in [1.82, 2.24) is 14.8 Å². The Balaban J connectivity index is 1.69. The Morgan fingerprint density at radius 2 is 1.81 bits per heavy atom. The second-order valence-electron chi connectivity index (χ2n) is 6.40. The number of H-pyrrole nitrogens is 1. The molecule has 138 valence electrons. The fourth-order valence-corrected chi connectivity index (χ4v) is 3.33. The SMILES string of the molecule is CCc1cc(C(=O)N2CCCN(C(=O)c3ccc[nH]3)CC2)ccc1OC. The molecule has 0 aliphatic carbocycles. The van der Waals surface area contributed by atoms with E-state index < -0.39 is 0 Å².